The summed E-state index contributed by atoms with van der Waals surface area (Å²) < 4.78 is 0. The predicted octanol–water partition coefficient (Wildman–Crippen LogP) is 6.58. The van der Waals surface area contributed by atoms with E-state index in [9.17, 15) is 0 Å². The van der Waals surface area contributed by atoms with Gasteiger partial charge in [-0.05, 0) is 18.9 Å². The lowest BCUT2D eigenvalue weighted by Gasteiger charge is -2.05. The van der Waals surface area contributed by atoms with Crippen LogP contribution in [0.25, 0.3) is 0 Å². The molecule has 0 heterocycles. The predicted molar refractivity (Wildman–Crippen MR) is 94.7 cm³/mol. The van der Waals surface area contributed by atoms with Gasteiger partial charge in [0.1, 0.15) is 0 Å². The lowest BCUT2D eigenvalue weighted by Crippen LogP contribution is -1.85. The number of rotatable bonds is 1. The molecule has 0 aromatic heterocycles. The quantitative estimate of drug-likeness (QED) is 0.554. The molecule has 3 rings (SSSR count). The first-order valence-electron chi connectivity index (χ1n) is 8.38. The first-order chi connectivity index (χ1) is 10.3. The third-order valence-electron chi connectivity index (χ3n) is 3.69. The molecular weight excluding hydrogens is 252 g/mol. The average molecular weight is 282 g/mol. The van der Waals surface area contributed by atoms with Crippen LogP contribution in [0.5, 0.6) is 0 Å². The van der Waals surface area contributed by atoms with Crippen molar-refractivity contribution in [1.82, 2.24) is 0 Å². The molecule has 2 aromatic carbocycles. The Balaban J connectivity index is 0.000000159. The van der Waals surface area contributed by atoms with E-state index in [0.29, 0.717) is 0 Å². The van der Waals surface area contributed by atoms with E-state index in [2.05, 4.69) is 50.2 Å². The zero-order chi connectivity index (χ0) is 15.2. The normalized spacial score (nSPS) is 13.2. The van der Waals surface area contributed by atoms with E-state index in [4.69, 9.17) is 0 Å². The molecule has 0 radical (unpaired) electrons. The van der Waals surface area contributed by atoms with Crippen molar-refractivity contribution < 1.29 is 0 Å². The maximum atomic E-state index is 2.16. The summed E-state index contributed by atoms with van der Waals surface area (Å²) >= 11 is 0. The molecule has 2 aromatic rings. The summed E-state index contributed by atoms with van der Waals surface area (Å²) in [7, 11) is 0. The van der Waals surface area contributed by atoms with Gasteiger partial charge in [-0.25, -0.2) is 0 Å². The summed E-state index contributed by atoms with van der Waals surface area (Å²) in [4.78, 5) is 0. The highest BCUT2D eigenvalue weighted by Gasteiger charge is 1.95. The molecule has 0 atom stereocenters. The first kappa shape index (κ1) is 17.5. The van der Waals surface area contributed by atoms with Gasteiger partial charge in [-0.1, -0.05) is 112 Å². The van der Waals surface area contributed by atoms with Crippen LogP contribution in [-0.2, 0) is 6.42 Å². The first-order valence-corrected chi connectivity index (χ1v) is 8.38. The molecular formula is C21H30. The van der Waals surface area contributed by atoms with E-state index >= 15 is 0 Å². The fourth-order valence-corrected chi connectivity index (χ4v) is 2.31. The fourth-order valence-electron chi connectivity index (χ4n) is 2.31. The van der Waals surface area contributed by atoms with E-state index < -0.39 is 0 Å². The zero-order valence-corrected chi connectivity index (χ0v) is 13.7. The lowest BCUT2D eigenvalue weighted by atomic mass is 10.0. The van der Waals surface area contributed by atoms with Crippen molar-refractivity contribution in [2.24, 2.45) is 0 Å². The Morgan fingerprint density at radius 1 is 0.619 bits per heavy atom. The molecule has 0 aliphatic heterocycles. The Morgan fingerprint density at radius 3 is 1.24 bits per heavy atom. The van der Waals surface area contributed by atoms with Crippen molar-refractivity contribution >= 4 is 0 Å². The molecule has 1 fully saturated rings. The second-order valence-electron chi connectivity index (χ2n) is 5.62. The van der Waals surface area contributed by atoms with Crippen LogP contribution in [0.4, 0.5) is 0 Å². The van der Waals surface area contributed by atoms with Crippen molar-refractivity contribution in [2.45, 2.75) is 58.8 Å². The van der Waals surface area contributed by atoms with Crippen LogP contribution < -0.4 is 0 Å². The summed E-state index contributed by atoms with van der Waals surface area (Å²) in [5, 5.41) is 0. The van der Waals surface area contributed by atoms with Crippen molar-refractivity contribution in [3.05, 3.63) is 71.8 Å². The summed E-state index contributed by atoms with van der Waals surface area (Å²) in [5.41, 5.74) is 2.73. The van der Waals surface area contributed by atoms with Gasteiger partial charge in [0.25, 0.3) is 0 Å². The van der Waals surface area contributed by atoms with Gasteiger partial charge in [0, 0.05) is 0 Å². The molecule has 0 spiro atoms. The minimum atomic E-state index is 1.14. The molecule has 0 heteroatoms. The van der Waals surface area contributed by atoms with Crippen molar-refractivity contribution in [2.75, 3.05) is 0 Å². The van der Waals surface area contributed by atoms with Gasteiger partial charge in [-0.3, -0.25) is 0 Å². The maximum absolute atomic E-state index is 2.16. The maximum Gasteiger partial charge on any atom is -0.0307 e. The molecule has 0 bridgehead atoms. The van der Waals surface area contributed by atoms with E-state index in [1.807, 2.05) is 24.3 Å². The van der Waals surface area contributed by atoms with E-state index in [0.717, 1.165) is 6.42 Å². The Labute approximate surface area is 131 Å². The summed E-state index contributed by atoms with van der Waals surface area (Å²) in [6.07, 6.45) is 10.1. The van der Waals surface area contributed by atoms with Crippen LogP contribution in [-0.4, -0.2) is 0 Å². The van der Waals surface area contributed by atoms with Crippen molar-refractivity contribution in [3.63, 3.8) is 0 Å². The molecule has 1 saturated carbocycles. The minimum absolute atomic E-state index is 1.14. The van der Waals surface area contributed by atoms with E-state index in [-0.39, 0.29) is 0 Å². The van der Waals surface area contributed by atoms with Gasteiger partial charge in [0.05, 0.1) is 0 Å². The number of hydrogen-bond donors (Lipinski definition) is 0. The monoisotopic (exact) mass is 282 g/mol. The summed E-state index contributed by atoms with van der Waals surface area (Å²) in [6, 6.07) is 20.7. The van der Waals surface area contributed by atoms with Gasteiger partial charge in [-0.2, -0.15) is 0 Å². The molecule has 114 valence electrons. The van der Waals surface area contributed by atoms with Crippen LogP contribution in [0.1, 0.15) is 56.6 Å². The van der Waals surface area contributed by atoms with E-state index in [1.165, 1.54) is 49.7 Å². The molecule has 1 aliphatic carbocycles. The molecule has 0 N–H and O–H groups in total. The number of aryl methyl sites for hydroxylation is 2. The summed E-state index contributed by atoms with van der Waals surface area (Å²) in [6.45, 7) is 4.25. The van der Waals surface area contributed by atoms with Gasteiger partial charge in [0.15, 0.2) is 0 Å². The molecule has 0 saturated heterocycles. The Kier molecular flexibility index (Phi) is 10.2. The largest absolute Gasteiger partial charge is 0.0622 e. The molecule has 0 unspecified atom stereocenters. The van der Waals surface area contributed by atoms with Gasteiger partial charge >= 0.3 is 0 Å². The zero-order valence-electron chi connectivity index (χ0n) is 13.7. The smallest absolute Gasteiger partial charge is 0.0307 e. The Bertz CT molecular complexity index is 415. The number of hydrogen-bond acceptors (Lipinski definition) is 0. The molecule has 0 nitrogen and oxygen atoms in total. The Morgan fingerprint density at radius 2 is 1.00 bits per heavy atom. The summed E-state index contributed by atoms with van der Waals surface area (Å²) in [5.74, 6) is 0. The SMILES string of the molecule is C1CCCCC1.CCc1ccccc1.Cc1ccccc1. The topological polar surface area (TPSA) is 0 Å². The minimum Gasteiger partial charge on any atom is -0.0622 e. The highest BCUT2D eigenvalue weighted by atomic mass is 14.0. The molecule has 21 heavy (non-hydrogen) atoms. The third-order valence-corrected chi connectivity index (χ3v) is 3.69. The Hall–Kier alpha value is -1.56. The second-order valence-corrected chi connectivity index (χ2v) is 5.62. The van der Waals surface area contributed by atoms with Crippen LogP contribution in [0.2, 0.25) is 0 Å². The standard InChI is InChI=1S/C8H10.C7H8.C6H12/c1-2-8-6-4-3-5-7-8;1-7-5-3-2-4-6-7;1-2-4-6-5-3-1/h3-7H,2H2,1H3;2-6H,1H3;1-6H2. The van der Waals surface area contributed by atoms with Crippen LogP contribution in [0, 0.1) is 6.92 Å². The lowest BCUT2D eigenvalue weighted by molar-refractivity contribution is 0.504. The van der Waals surface area contributed by atoms with Crippen molar-refractivity contribution in [1.29, 1.82) is 0 Å². The molecule has 0 amide bonds. The van der Waals surface area contributed by atoms with Crippen LogP contribution >= 0.6 is 0 Å². The van der Waals surface area contributed by atoms with E-state index in [1.54, 1.807) is 0 Å². The van der Waals surface area contributed by atoms with Gasteiger partial charge < -0.3 is 0 Å². The number of benzene rings is 2. The second kappa shape index (κ2) is 12.2. The fraction of sp³-hybridized carbons (Fsp3) is 0.429. The van der Waals surface area contributed by atoms with Gasteiger partial charge in [0.2, 0.25) is 0 Å². The third kappa shape index (κ3) is 9.90. The van der Waals surface area contributed by atoms with Crippen LogP contribution in [0.15, 0.2) is 60.7 Å². The van der Waals surface area contributed by atoms with Crippen LogP contribution in [0.3, 0.4) is 0 Å². The van der Waals surface area contributed by atoms with Gasteiger partial charge in [-0.15, -0.1) is 0 Å². The highest BCUT2D eigenvalue weighted by Crippen LogP contribution is 2.15. The van der Waals surface area contributed by atoms with Crippen molar-refractivity contribution in [3.8, 4) is 0 Å². The average Bonchev–Trinajstić information content (AvgIpc) is 2.59. The highest BCUT2D eigenvalue weighted by molar-refractivity contribution is 5.14. The molecule has 1 aliphatic rings.